The Kier molecular flexibility index (Phi) is 7.94. The molecule has 1 aromatic rings. The molecule has 0 saturated carbocycles. The highest BCUT2D eigenvalue weighted by Gasteiger charge is 2.25. The van der Waals surface area contributed by atoms with Gasteiger partial charge in [-0.3, -0.25) is 4.79 Å². The van der Waals surface area contributed by atoms with Crippen molar-refractivity contribution in [3.63, 3.8) is 0 Å². The zero-order valence-corrected chi connectivity index (χ0v) is 14.8. The van der Waals surface area contributed by atoms with Gasteiger partial charge < -0.3 is 15.4 Å². The maximum Gasteiger partial charge on any atom is 0.222 e. The topological polar surface area (TPSA) is 55.6 Å². The first-order valence-corrected chi connectivity index (χ1v) is 7.83. The summed E-state index contributed by atoms with van der Waals surface area (Å²) in [5.74, 6) is 0.126. The summed E-state index contributed by atoms with van der Waals surface area (Å²) >= 11 is 12.0. The monoisotopic (exact) mass is 366 g/mol. The molecule has 0 aromatic heterocycles. The van der Waals surface area contributed by atoms with Crippen LogP contribution < -0.4 is 5.73 Å². The summed E-state index contributed by atoms with van der Waals surface area (Å²) in [5, 5.41) is 1.01. The lowest BCUT2D eigenvalue weighted by atomic mass is 10.1. The molecule has 0 radical (unpaired) electrons. The van der Waals surface area contributed by atoms with Gasteiger partial charge in [0.15, 0.2) is 0 Å². The highest BCUT2D eigenvalue weighted by molar-refractivity contribution is 6.42. The number of rotatable bonds is 4. The molecule has 124 valence electrons. The maximum atomic E-state index is 12.2. The lowest BCUT2D eigenvalue weighted by Crippen LogP contribution is -2.42. The van der Waals surface area contributed by atoms with Gasteiger partial charge in [-0.25, -0.2) is 0 Å². The van der Waals surface area contributed by atoms with Gasteiger partial charge in [0.1, 0.15) is 6.10 Å². The Hall–Kier alpha value is -0.520. The number of nitrogens with zero attached hydrogens (tertiary/aromatic N) is 1. The fourth-order valence-corrected chi connectivity index (χ4v) is 2.61. The van der Waals surface area contributed by atoms with E-state index in [9.17, 15) is 4.79 Å². The van der Waals surface area contributed by atoms with Crippen molar-refractivity contribution < 1.29 is 9.53 Å². The van der Waals surface area contributed by atoms with E-state index < -0.39 is 0 Å². The molecule has 1 fully saturated rings. The second-order valence-corrected chi connectivity index (χ2v) is 6.20. The molecule has 7 heteroatoms. The summed E-state index contributed by atoms with van der Waals surface area (Å²) in [5.41, 5.74) is 6.64. The third kappa shape index (κ3) is 5.28. The predicted molar refractivity (Wildman–Crippen MR) is 91.9 cm³/mol. The van der Waals surface area contributed by atoms with Gasteiger partial charge >= 0.3 is 0 Å². The van der Waals surface area contributed by atoms with Crippen LogP contribution in [-0.2, 0) is 9.53 Å². The first-order chi connectivity index (χ1) is 9.97. The van der Waals surface area contributed by atoms with Crippen LogP contribution >= 0.6 is 35.6 Å². The van der Waals surface area contributed by atoms with Crippen LogP contribution in [0, 0.1) is 0 Å². The first-order valence-electron chi connectivity index (χ1n) is 7.07. The van der Waals surface area contributed by atoms with E-state index in [0.29, 0.717) is 42.6 Å². The Labute approximate surface area is 147 Å². The van der Waals surface area contributed by atoms with Crippen molar-refractivity contribution >= 4 is 41.5 Å². The summed E-state index contributed by atoms with van der Waals surface area (Å²) in [7, 11) is 0. The third-order valence-corrected chi connectivity index (χ3v) is 4.29. The highest BCUT2D eigenvalue weighted by atomic mass is 35.5. The quantitative estimate of drug-likeness (QED) is 0.887. The minimum absolute atomic E-state index is 0. The molecule has 1 saturated heterocycles. The van der Waals surface area contributed by atoms with Crippen molar-refractivity contribution in [3.05, 3.63) is 33.8 Å². The molecule has 2 atom stereocenters. The second-order valence-electron chi connectivity index (χ2n) is 5.39. The Morgan fingerprint density at radius 1 is 1.45 bits per heavy atom. The second kappa shape index (κ2) is 8.94. The number of amides is 1. The first kappa shape index (κ1) is 19.5. The van der Waals surface area contributed by atoms with Gasteiger partial charge in [-0.1, -0.05) is 29.3 Å². The number of hydrogen-bond donors (Lipinski definition) is 1. The summed E-state index contributed by atoms with van der Waals surface area (Å²) in [4.78, 5) is 14.0. The van der Waals surface area contributed by atoms with Crippen molar-refractivity contribution in [2.24, 2.45) is 5.73 Å². The van der Waals surface area contributed by atoms with Crippen LogP contribution in [0.4, 0.5) is 0 Å². The smallest absolute Gasteiger partial charge is 0.222 e. The van der Waals surface area contributed by atoms with Gasteiger partial charge in [-0.05, 0) is 31.0 Å². The molecule has 1 heterocycles. The zero-order valence-electron chi connectivity index (χ0n) is 12.4. The van der Waals surface area contributed by atoms with E-state index in [1.807, 2.05) is 17.9 Å². The average molecular weight is 368 g/mol. The number of morpholine rings is 1. The van der Waals surface area contributed by atoms with Gasteiger partial charge in [-0.2, -0.15) is 0 Å². The van der Waals surface area contributed by atoms with E-state index in [-0.39, 0.29) is 30.5 Å². The number of ether oxygens (including phenoxy) is 1. The predicted octanol–water partition coefficient (Wildman–Crippen LogP) is 3.44. The lowest BCUT2D eigenvalue weighted by Gasteiger charge is -2.33. The Balaban J connectivity index is 0.00000242. The Morgan fingerprint density at radius 3 is 2.82 bits per heavy atom. The molecule has 0 bridgehead atoms. The minimum Gasteiger partial charge on any atom is -0.370 e. The molecule has 22 heavy (non-hydrogen) atoms. The van der Waals surface area contributed by atoms with E-state index >= 15 is 0 Å². The van der Waals surface area contributed by atoms with Crippen LogP contribution in [0.2, 0.25) is 10.0 Å². The van der Waals surface area contributed by atoms with Gasteiger partial charge in [0.25, 0.3) is 0 Å². The van der Waals surface area contributed by atoms with Crippen molar-refractivity contribution in [1.29, 1.82) is 0 Å². The SMILES string of the molecule is CC(N)CCC(=O)N1CCOC(c2ccc(Cl)c(Cl)c2)C1.Cl. The van der Waals surface area contributed by atoms with Crippen molar-refractivity contribution in [1.82, 2.24) is 4.90 Å². The van der Waals surface area contributed by atoms with E-state index in [0.717, 1.165) is 5.56 Å². The molecule has 1 aliphatic rings. The molecule has 0 spiro atoms. The fourth-order valence-electron chi connectivity index (χ4n) is 2.30. The average Bonchev–Trinajstić information content (AvgIpc) is 2.47. The molecule has 2 unspecified atom stereocenters. The summed E-state index contributed by atoms with van der Waals surface area (Å²) in [6.45, 7) is 3.59. The molecule has 2 rings (SSSR count). The summed E-state index contributed by atoms with van der Waals surface area (Å²) in [6.07, 6.45) is 1.02. The molecular weight excluding hydrogens is 347 g/mol. The third-order valence-electron chi connectivity index (χ3n) is 3.55. The normalized spacial score (nSPS) is 19.5. The summed E-state index contributed by atoms with van der Waals surface area (Å²) < 4.78 is 5.74. The van der Waals surface area contributed by atoms with Crippen LogP contribution in [0.1, 0.15) is 31.4 Å². The molecular formula is C15H21Cl3N2O2. The van der Waals surface area contributed by atoms with Crippen molar-refractivity contribution in [2.75, 3.05) is 19.7 Å². The molecule has 1 amide bonds. The van der Waals surface area contributed by atoms with Gasteiger partial charge in [-0.15, -0.1) is 12.4 Å². The van der Waals surface area contributed by atoms with Crippen molar-refractivity contribution in [2.45, 2.75) is 31.9 Å². The molecule has 2 N–H and O–H groups in total. The van der Waals surface area contributed by atoms with Crippen LogP contribution in [0.3, 0.4) is 0 Å². The summed E-state index contributed by atoms with van der Waals surface area (Å²) in [6, 6.07) is 5.47. The van der Waals surface area contributed by atoms with E-state index in [1.54, 1.807) is 12.1 Å². The van der Waals surface area contributed by atoms with Crippen LogP contribution in [0.5, 0.6) is 0 Å². The van der Waals surface area contributed by atoms with Gasteiger partial charge in [0, 0.05) is 19.0 Å². The van der Waals surface area contributed by atoms with E-state index in [2.05, 4.69) is 0 Å². The molecule has 0 aliphatic carbocycles. The zero-order chi connectivity index (χ0) is 15.4. The maximum absolute atomic E-state index is 12.2. The lowest BCUT2D eigenvalue weighted by molar-refractivity contribution is -0.139. The largest absolute Gasteiger partial charge is 0.370 e. The van der Waals surface area contributed by atoms with Gasteiger partial charge in [0.05, 0.1) is 23.2 Å². The van der Waals surface area contributed by atoms with E-state index in [4.69, 9.17) is 33.7 Å². The minimum atomic E-state index is -0.159. The molecule has 1 aliphatic heterocycles. The number of benzene rings is 1. The highest BCUT2D eigenvalue weighted by Crippen LogP contribution is 2.29. The molecule has 4 nitrogen and oxygen atoms in total. The van der Waals surface area contributed by atoms with Crippen molar-refractivity contribution in [3.8, 4) is 0 Å². The number of halogens is 3. The number of hydrogen-bond acceptors (Lipinski definition) is 3. The fraction of sp³-hybridized carbons (Fsp3) is 0.533. The number of carbonyl (C=O) groups excluding carboxylic acids is 1. The Morgan fingerprint density at radius 2 is 2.18 bits per heavy atom. The van der Waals surface area contributed by atoms with E-state index in [1.165, 1.54) is 0 Å². The van der Waals surface area contributed by atoms with Crippen LogP contribution in [0.15, 0.2) is 18.2 Å². The van der Waals surface area contributed by atoms with Crippen LogP contribution in [0.25, 0.3) is 0 Å². The number of carbonyl (C=O) groups is 1. The Bertz CT molecular complexity index is 512. The molecule has 1 aromatic carbocycles. The number of nitrogens with two attached hydrogens (primary N) is 1. The van der Waals surface area contributed by atoms with Gasteiger partial charge in [0.2, 0.25) is 5.91 Å². The standard InChI is InChI=1S/C15H20Cl2N2O2.ClH/c1-10(18)2-5-15(20)19-6-7-21-14(9-19)11-3-4-12(16)13(17)8-11;/h3-4,8,10,14H,2,5-7,9,18H2,1H3;1H. The van der Waals surface area contributed by atoms with Crippen LogP contribution in [-0.4, -0.2) is 36.5 Å².